The molecule has 24 heavy (non-hydrogen) atoms. The summed E-state index contributed by atoms with van der Waals surface area (Å²) in [7, 11) is 0. The zero-order valence-electron chi connectivity index (χ0n) is 14.9. The lowest BCUT2D eigenvalue weighted by Gasteiger charge is -2.25. The molecule has 0 aromatic heterocycles. The fraction of sp³-hybridized carbons (Fsp3) is 0.381. The van der Waals surface area contributed by atoms with Gasteiger partial charge in [-0.25, -0.2) is 4.79 Å². The van der Waals surface area contributed by atoms with E-state index in [0.717, 1.165) is 23.1 Å². The highest BCUT2D eigenvalue weighted by Gasteiger charge is 2.25. The lowest BCUT2D eigenvalue weighted by atomic mass is 9.86. The van der Waals surface area contributed by atoms with Gasteiger partial charge in [0.15, 0.2) is 6.10 Å². The monoisotopic (exact) mass is 326 g/mol. The van der Waals surface area contributed by atoms with E-state index >= 15 is 0 Å². The summed E-state index contributed by atoms with van der Waals surface area (Å²) in [5, 5.41) is 9.63. The van der Waals surface area contributed by atoms with E-state index < -0.39 is 12.1 Å². The Morgan fingerprint density at radius 1 is 1.04 bits per heavy atom. The number of hydrogen-bond acceptors (Lipinski definition) is 2. The maximum atomic E-state index is 11.7. The van der Waals surface area contributed by atoms with Crippen LogP contribution in [0.15, 0.2) is 48.5 Å². The molecule has 0 aliphatic carbocycles. The van der Waals surface area contributed by atoms with Crippen molar-refractivity contribution in [3.63, 3.8) is 0 Å². The highest BCUT2D eigenvalue weighted by Crippen LogP contribution is 2.32. The van der Waals surface area contributed by atoms with Crippen molar-refractivity contribution in [2.24, 2.45) is 0 Å². The number of benzene rings is 2. The lowest BCUT2D eigenvalue weighted by molar-refractivity contribution is -0.145. The maximum absolute atomic E-state index is 11.7. The molecule has 0 aliphatic heterocycles. The van der Waals surface area contributed by atoms with Crippen molar-refractivity contribution >= 4 is 5.97 Å². The summed E-state index contributed by atoms with van der Waals surface area (Å²) >= 11 is 0. The van der Waals surface area contributed by atoms with E-state index in [0.29, 0.717) is 12.2 Å². The van der Waals surface area contributed by atoms with Crippen molar-refractivity contribution in [2.45, 2.75) is 52.1 Å². The number of carboxylic acids is 1. The van der Waals surface area contributed by atoms with Crippen LogP contribution in [0, 0.1) is 0 Å². The van der Waals surface area contributed by atoms with Crippen LogP contribution >= 0.6 is 0 Å². The molecule has 3 heteroatoms. The first-order valence-electron chi connectivity index (χ1n) is 8.38. The molecule has 0 amide bonds. The molecule has 1 atom stereocenters. The molecular formula is C21H26O3. The molecule has 0 fully saturated rings. The third kappa shape index (κ3) is 4.38. The summed E-state index contributed by atoms with van der Waals surface area (Å²) in [5.41, 5.74) is 3.10. The predicted molar refractivity (Wildman–Crippen MR) is 96.7 cm³/mol. The second kappa shape index (κ2) is 7.52. The standard InChI is InChI=1S/C21H26O3/c1-5-15-10-6-7-11-16(15)14-19(20(22)23)24-18-13-9-8-12-17(18)21(2,3)4/h6-13,19H,5,14H2,1-4H3,(H,22,23)/t19-/m0/s1. The van der Waals surface area contributed by atoms with Crippen molar-refractivity contribution < 1.29 is 14.6 Å². The summed E-state index contributed by atoms with van der Waals surface area (Å²) in [6.45, 7) is 8.36. The van der Waals surface area contributed by atoms with Crippen molar-refractivity contribution in [2.75, 3.05) is 0 Å². The van der Waals surface area contributed by atoms with Gasteiger partial charge in [-0.1, -0.05) is 70.2 Å². The first-order chi connectivity index (χ1) is 11.3. The Balaban J connectivity index is 2.29. The Labute approximate surface area is 144 Å². The highest BCUT2D eigenvalue weighted by atomic mass is 16.5. The predicted octanol–water partition coefficient (Wildman–Crippen LogP) is 4.62. The van der Waals surface area contributed by atoms with Gasteiger partial charge in [0.1, 0.15) is 5.75 Å². The van der Waals surface area contributed by atoms with E-state index in [1.165, 1.54) is 0 Å². The normalized spacial score (nSPS) is 12.7. The van der Waals surface area contributed by atoms with Crippen molar-refractivity contribution in [3.05, 3.63) is 65.2 Å². The minimum atomic E-state index is -0.940. The molecule has 0 saturated carbocycles. The molecule has 0 spiro atoms. The minimum absolute atomic E-state index is 0.110. The van der Waals surface area contributed by atoms with Crippen LogP contribution in [0.1, 0.15) is 44.4 Å². The van der Waals surface area contributed by atoms with E-state index in [1.54, 1.807) is 0 Å². The average Bonchev–Trinajstić information content (AvgIpc) is 2.54. The fourth-order valence-corrected chi connectivity index (χ4v) is 2.82. The van der Waals surface area contributed by atoms with Gasteiger partial charge in [-0.3, -0.25) is 0 Å². The Kier molecular flexibility index (Phi) is 5.66. The molecule has 0 saturated heterocycles. The second-order valence-corrected chi connectivity index (χ2v) is 7.02. The van der Waals surface area contributed by atoms with E-state index in [4.69, 9.17) is 4.74 Å². The topological polar surface area (TPSA) is 46.5 Å². The largest absolute Gasteiger partial charge is 0.478 e. The number of aryl methyl sites for hydroxylation is 1. The van der Waals surface area contributed by atoms with Crippen LogP contribution in [-0.2, 0) is 23.1 Å². The molecule has 0 aliphatic rings. The van der Waals surface area contributed by atoms with Crippen molar-refractivity contribution in [1.82, 2.24) is 0 Å². The molecule has 3 nitrogen and oxygen atoms in total. The molecule has 128 valence electrons. The summed E-state index contributed by atoms with van der Waals surface area (Å²) in [6, 6.07) is 15.6. The van der Waals surface area contributed by atoms with Crippen LogP contribution in [0.5, 0.6) is 5.75 Å². The van der Waals surface area contributed by atoms with E-state index in [2.05, 4.69) is 27.7 Å². The number of para-hydroxylation sites is 1. The van der Waals surface area contributed by atoms with Gasteiger partial charge >= 0.3 is 5.97 Å². The van der Waals surface area contributed by atoms with Crippen LogP contribution in [0.3, 0.4) is 0 Å². The molecule has 0 radical (unpaired) electrons. The number of hydrogen-bond donors (Lipinski definition) is 1. The summed E-state index contributed by atoms with van der Waals surface area (Å²) in [6.07, 6.45) is 0.333. The van der Waals surface area contributed by atoms with Gasteiger partial charge in [0.05, 0.1) is 0 Å². The Morgan fingerprint density at radius 3 is 2.21 bits per heavy atom. The zero-order chi connectivity index (χ0) is 17.7. The third-order valence-electron chi connectivity index (χ3n) is 4.14. The van der Waals surface area contributed by atoms with Crippen LogP contribution in [0.4, 0.5) is 0 Å². The van der Waals surface area contributed by atoms with Crippen molar-refractivity contribution in [1.29, 1.82) is 0 Å². The summed E-state index contributed by atoms with van der Waals surface area (Å²) in [5.74, 6) is -0.295. The smallest absolute Gasteiger partial charge is 0.345 e. The number of ether oxygens (including phenoxy) is 1. The van der Waals surface area contributed by atoms with E-state index in [9.17, 15) is 9.90 Å². The molecule has 0 bridgehead atoms. The van der Waals surface area contributed by atoms with Crippen LogP contribution in [0.2, 0.25) is 0 Å². The van der Waals surface area contributed by atoms with Gasteiger partial charge in [0, 0.05) is 6.42 Å². The average molecular weight is 326 g/mol. The van der Waals surface area contributed by atoms with E-state index in [-0.39, 0.29) is 5.41 Å². The zero-order valence-corrected chi connectivity index (χ0v) is 14.9. The SMILES string of the molecule is CCc1ccccc1C[C@H](Oc1ccccc1C(C)(C)C)C(=O)O. The van der Waals surface area contributed by atoms with Gasteiger partial charge in [-0.2, -0.15) is 0 Å². The minimum Gasteiger partial charge on any atom is -0.478 e. The number of carboxylic acid groups (broad SMARTS) is 1. The molecule has 0 unspecified atom stereocenters. The van der Waals surface area contributed by atoms with Gasteiger partial charge < -0.3 is 9.84 Å². The quantitative estimate of drug-likeness (QED) is 0.842. The Morgan fingerprint density at radius 2 is 1.62 bits per heavy atom. The van der Waals surface area contributed by atoms with Crippen LogP contribution < -0.4 is 4.74 Å². The van der Waals surface area contributed by atoms with Crippen molar-refractivity contribution in [3.8, 4) is 5.75 Å². The molecular weight excluding hydrogens is 300 g/mol. The molecule has 1 N–H and O–H groups in total. The fourth-order valence-electron chi connectivity index (χ4n) is 2.82. The summed E-state index contributed by atoms with van der Waals surface area (Å²) in [4.78, 5) is 11.7. The number of rotatable bonds is 6. The van der Waals surface area contributed by atoms with Gasteiger partial charge in [-0.15, -0.1) is 0 Å². The maximum Gasteiger partial charge on any atom is 0.345 e. The van der Waals surface area contributed by atoms with Gasteiger partial charge in [0.25, 0.3) is 0 Å². The lowest BCUT2D eigenvalue weighted by Crippen LogP contribution is -2.30. The molecule has 0 heterocycles. The first kappa shape index (κ1) is 18.1. The summed E-state index contributed by atoms with van der Waals surface area (Å²) < 4.78 is 5.94. The first-order valence-corrected chi connectivity index (χ1v) is 8.38. The molecule has 2 aromatic rings. The van der Waals surface area contributed by atoms with Gasteiger partial charge in [0.2, 0.25) is 0 Å². The third-order valence-corrected chi connectivity index (χ3v) is 4.14. The number of carbonyl (C=O) groups is 1. The van der Waals surface area contributed by atoms with E-state index in [1.807, 2.05) is 48.5 Å². The highest BCUT2D eigenvalue weighted by molar-refractivity contribution is 5.73. The second-order valence-electron chi connectivity index (χ2n) is 7.02. The van der Waals surface area contributed by atoms with Gasteiger partial charge in [-0.05, 0) is 34.6 Å². The Bertz CT molecular complexity index is 698. The number of aliphatic carboxylic acids is 1. The molecule has 2 aromatic carbocycles. The molecule has 2 rings (SSSR count). The Hall–Kier alpha value is -2.29. The van der Waals surface area contributed by atoms with Crippen LogP contribution in [0.25, 0.3) is 0 Å². The van der Waals surface area contributed by atoms with Crippen LogP contribution in [-0.4, -0.2) is 17.2 Å².